The summed E-state index contributed by atoms with van der Waals surface area (Å²) in [6.07, 6.45) is 3.66. The minimum Gasteiger partial charge on any atom is -0.369 e. The van der Waals surface area contributed by atoms with Crippen LogP contribution in [-0.2, 0) is 4.74 Å². The summed E-state index contributed by atoms with van der Waals surface area (Å²) in [5.41, 5.74) is 5.35. The van der Waals surface area contributed by atoms with Crippen LogP contribution in [0.3, 0.4) is 0 Å². The van der Waals surface area contributed by atoms with Gasteiger partial charge >= 0.3 is 0 Å². The largest absolute Gasteiger partial charge is 0.369 e. The number of nitrogens with zero attached hydrogens (tertiary/aromatic N) is 2. The van der Waals surface area contributed by atoms with Gasteiger partial charge in [0.1, 0.15) is 0 Å². The molecule has 6 heteroatoms. The minimum absolute atomic E-state index is 0.180. The Bertz CT molecular complexity index is 211. The normalized spacial score (nSPS) is 11.1. The minimum atomic E-state index is 0.180. The van der Waals surface area contributed by atoms with Crippen molar-refractivity contribution in [1.29, 1.82) is 5.26 Å². The van der Waals surface area contributed by atoms with Gasteiger partial charge in [0.05, 0.1) is 6.73 Å². The summed E-state index contributed by atoms with van der Waals surface area (Å²) in [5, 5.41) is 13.6. The Labute approximate surface area is 90.5 Å². The van der Waals surface area contributed by atoms with Crippen molar-refractivity contribution in [3.63, 3.8) is 0 Å². The Morgan fingerprint density at radius 1 is 1.53 bits per heavy atom. The highest BCUT2D eigenvalue weighted by atomic mass is 16.5. The number of hydrogen-bond acceptors (Lipinski definition) is 4. The van der Waals surface area contributed by atoms with Crippen LogP contribution in [0.15, 0.2) is 4.99 Å². The molecule has 86 valence electrons. The molecule has 4 N–H and O–H groups in total. The van der Waals surface area contributed by atoms with Gasteiger partial charge in [0.25, 0.3) is 0 Å². The zero-order chi connectivity index (χ0) is 11.4. The summed E-state index contributed by atoms with van der Waals surface area (Å²) in [6.45, 7) is 4.82. The van der Waals surface area contributed by atoms with Crippen molar-refractivity contribution < 1.29 is 4.74 Å². The van der Waals surface area contributed by atoms with Crippen LogP contribution in [0.4, 0.5) is 0 Å². The van der Waals surface area contributed by atoms with Crippen molar-refractivity contribution in [3.05, 3.63) is 0 Å². The van der Waals surface area contributed by atoms with Gasteiger partial charge in [-0.25, -0.2) is 0 Å². The maximum Gasteiger partial charge on any atom is 0.202 e. The quantitative estimate of drug-likeness (QED) is 0.129. The molecule has 0 rings (SSSR count). The first-order valence-electron chi connectivity index (χ1n) is 5.04. The first-order valence-corrected chi connectivity index (χ1v) is 5.04. The van der Waals surface area contributed by atoms with Crippen LogP contribution < -0.4 is 16.4 Å². The van der Waals surface area contributed by atoms with Gasteiger partial charge in [0, 0.05) is 13.2 Å². The molecule has 0 radical (unpaired) electrons. The third-order valence-electron chi connectivity index (χ3n) is 1.64. The topological polar surface area (TPSA) is 95.5 Å². The molecule has 0 aliphatic heterocycles. The van der Waals surface area contributed by atoms with Crippen LogP contribution in [0.5, 0.6) is 0 Å². The molecule has 15 heavy (non-hydrogen) atoms. The number of nitriles is 1. The van der Waals surface area contributed by atoms with E-state index in [0.29, 0.717) is 13.3 Å². The Kier molecular flexibility index (Phi) is 9.81. The molecule has 0 aromatic heterocycles. The number of rotatable bonds is 8. The fraction of sp³-hybridized carbons (Fsp3) is 0.778. The molecular weight excluding hydrogens is 194 g/mol. The van der Waals surface area contributed by atoms with Gasteiger partial charge in [-0.2, -0.15) is 5.26 Å². The number of aliphatic imine (C=N–C) groups is 1. The van der Waals surface area contributed by atoms with Crippen molar-refractivity contribution in [2.45, 2.75) is 19.8 Å². The smallest absolute Gasteiger partial charge is 0.202 e. The van der Waals surface area contributed by atoms with Crippen molar-refractivity contribution in [2.24, 2.45) is 10.7 Å². The second-order valence-electron chi connectivity index (χ2n) is 2.85. The van der Waals surface area contributed by atoms with E-state index in [1.807, 2.05) is 6.92 Å². The zero-order valence-electron chi connectivity index (χ0n) is 9.12. The van der Waals surface area contributed by atoms with Gasteiger partial charge in [0.2, 0.25) is 5.96 Å². The molecular formula is C9H19N5O. The van der Waals surface area contributed by atoms with Crippen LogP contribution in [0.2, 0.25) is 0 Å². The first kappa shape index (κ1) is 13.7. The fourth-order valence-corrected chi connectivity index (χ4v) is 0.905. The fourth-order valence-electron chi connectivity index (χ4n) is 0.905. The summed E-state index contributed by atoms with van der Waals surface area (Å²) < 4.78 is 5.11. The molecule has 0 aromatic carbocycles. The lowest BCUT2D eigenvalue weighted by atomic mass is 10.3. The van der Waals surface area contributed by atoms with E-state index in [2.05, 4.69) is 15.6 Å². The van der Waals surface area contributed by atoms with E-state index in [1.54, 1.807) is 6.19 Å². The summed E-state index contributed by atoms with van der Waals surface area (Å²) in [4.78, 5) is 3.95. The number of nitrogens with two attached hydrogens (primary N) is 1. The lowest BCUT2D eigenvalue weighted by Gasteiger charge is -2.03. The standard InChI is InChI=1S/C9H19N5O/c1-2-15-8-12-5-3-4-6-13-9(11)14-7-10/h12H,2-6,8H2,1H3,(H3,11,13,14). The molecule has 0 heterocycles. The lowest BCUT2D eigenvalue weighted by molar-refractivity contribution is 0.129. The summed E-state index contributed by atoms with van der Waals surface area (Å²) >= 11 is 0. The molecule has 0 atom stereocenters. The zero-order valence-corrected chi connectivity index (χ0v) is 9.12. The Morgan fingerprint density at radius 2 is 2.33 bits per heavy atom. The Hall–Kier alpha value is -1.32. The predicted molar refractivity (Wildman–Crippen MR) is 59.0 cm³/mol. The average molecular weight is 213 g/mol. The highest BCUT2D eigenvalue weighted by molar-refractivity contribution is 5.79. The molecule has 0 amide bonds. The SMILES string of the molecule is CCOCNCCCCN=C(N)NC#N. The van der Waals surface area contributed by atoms with Gasteiger partial charge in [-0.3, -0.25) is 15.6 Å². The van der Waals surface area contributed by atoms with Gasteiger partial charge in [-0.1, -0.05) is 0 Å². The second kappa shape index (κ2) is 10.8. The molecule has 0 saturated carbocycles. The van der Waals surface area contributed by atoms with Crippen molar-refractivity contribution in [3.8, 4) is 6.19 Å². The number of nitrogens with one attached hydrogen (secondary N) is 2. The van der Waals surface area contributed by atoms with E-state index in [-0.39, 0.29) is 5.96 Å². The molecule has 0 aliphatic carbocycles. The van der Waals surface area contributed by atoms with Crippen molar-refractivity contribution in [1.82, 2.24) is 10.6 Å². The molecule has 0 saturated heterocycles. The molecule has 0 spiro atoms. The number of hydrogen-bond donors (Lipinski definition) is 3. The number of guanidine groups is 1. The molecule has 0 fully saturated rings. The Morgan fingerprint density at radius 3 is 3.00 bits per heavy atom. The van der Waals surface area contributed by atoms with Crippen molar-refractivity contribution >= 4 is 5.96 Å². The van der Waals surface area contributed by atoms with E-state index >= 15 is 0 Å². The maximum atomic E-state index is 8.21. The highest BCUT2D eigenvalue weighted by Gasteiger charge is 1.90. The van der Waals surface area contributed by atoms with Crippen LogP contribution in [0, 0.1) is 11.5 Å². The first-order chi connectivity index (χ1) is 7.31. The monoisotopic (exact) mass is 213 g/mol. The highest BCUT2D eigenvalue weighted by Crippen LogP contribution is 1.87. The summed E-state index contributed by atoms with van der Waals surface area (Å²) in [7, 11) is 0. The third-order valence-corrected chi connectivity index (χ3v) is 1.64. The van der Waals surface area contributed by atoms with E-state index in [1.165, 1.54) is 0 Å². The number of ether oxygens (including phenoxy) is 1. The maximum absolute atomic E-state index is 8.21. The molecule has 6 nitrogen and oxygen atoms in total. The van der Waals surface area contributed by atoms with Gasteiger partial charge in [-0.15, -0.1) is 0 Å². The van der Waals surface area contributed by atoms with Gasteiger partial charge in [-0.05, 0) is 26.3 Å². The average Bonchev–Trinajstić information content (AvgIpc) is 2.22. The van der Waals surface area contributed by atoms with Crippen molar-refractivity contribution in [2.75, 3.05) is 26.4 Å². The molecule has 0 bridgehead atoms. The van der Waals surface area contributed by atoms with Gasteiger partial charge < -0.3 is 10.5 Å². The lowest BCUT2D eigenvalue weighted by Crippen LogP contribution is -2.27. The van der Waals surface area contributed by atoms with Crippen LogP contribution >= 0.6 is 0 Å². The third kappa shape index (κ3) is 10.6. The van der Waals surface area contributed by atoms with Crippen LogP contribution in [-0.4, -0.2) is 32.4 Å². The van der Waals surface area contributed by atoms with Gasteiger partial charge in [0.15, 0.2) is 6.19 Å². The van der Waals surface area contributed by atoms with E-state index in [0.717, 1.165) is 26.0 Å². The summed E-state index contributed by atoms with van der Waals surface area (Å²) in [5.74, 6) is 0.180. The van der Waals surface area contributed by atoms with E-state index in [9.17, 15) is 0 Å². The number of unbranched alkanes of at least 4 members (excludes halogenated alkanes) is 1. The van der Waals surface area contributed by atoms with Crippen LogP contribution in [0.1, 0.15) is 19.8 Å². The van der Waals surface area contributed by atoms with Crippen LogP contribution in [0.25, 0.3) is 0 Å². The second-order valence-corrected chi connectivity index (χ2v) is 2.85. The summed E-state index contributed by atoms with van der Waals surface area (Å²) in [6, 6.07) is 0. The Balaban J connectivity index is 3.18. The molecule has 0 aromatic rings. The van der Waals surface area contributed by atoms with E-state index in [4.69, 9.17) is 15.7 Å². The predicted octanol–water partition coefficient (Wildman–Crippen LogP) is -0.264. The molecule has 0 unspecified atom stereocenters. The molecule has 0 aliphatic rings. The van der Waals surface area contributed by atoms with E-state index < -0.39 is 0 Å².